The maximum Gasteiger partial charge on any atom is 0.309 e. The van der Waals surface area contributed by atoms with Crippen molar-refractivity contribution in [3.8, 4) is 0 Å². The predicted molar refractivity (Wildman–Crippen MR) is 144 cm³/mol. The molecule has 0 saturated carbocycles. The van der Waals surface area contributed by atoms with E-state index in [2.05, 4.69) is 19.1 Å². The molecule has 4 nitrogen and oxygen atoms in total. The number of esters is 1. The Morgan fingerprint density at radius 1 is 0.647 bits per heavy atom. The number of ether oxygens (including phenoxy) is 1. The predicted octanol–water partition coefficient (Wildman–Crippen LogP) is 9.41. The molecule has 4 heteroatoms. The van der Waals surface area contributed by atoms with Gasteiger partial charge < -0.3 is 9.84 Å². The van der Waals surface area contributed by atoms with Crippen LogP contribution in [0.4, 0.5) is 0 Å². The molecule has 1 unspecified atom stereocenters. The number of carbonyl (C=O) groups is 2. The second-order valence-corrected chi connectivity index (χ2v) is 9.96. The Balaban J connectivity index is 3.42. The highest BCUT2D eigenvalue weighted by atomic mass is 16.5. The van der Waals surface area contributed by atoms with Crippen LogP contribution in [0, 0.1) is 5.92 Å². The lowest BCUT2D eigenvalue weighted by atomic mass is 9.97. The van der Waals surface area contributed by atoms with Crippen LogP contribution in [0.5, 0.6) is 0 Å². The van der Waals surface area contributed by atoms with Gasteiger partial charge in [0.25, 0.3) is 0 Å². The van der Waals surface area contributed by atoms with Gasteiger partial charge in [-0.25, -0.2) is 0 Å². The Labute approximate surface area is 211 Å². The highest BCUT2D eigenvalue weighted by Gasteiger charge is 2.22. The van der Waals surface area contributed by atoms with E-state index in [-0.39, 0.29) is 12.4 Å². The van der Waals surface area contributed by atoms with Gasteiger partial charge in [-0.15, -0.1) is 0 Å². The molecule has 0 aromatic rings. The van der Waals surface area contributed by atoms with E-state index in [1.54, 1.807) is 0 Å². The van der Waals surface area contributed by atoms with Crippen molar-refractivity contribution in [2.75, 3.05) is 6.61 Å². The Morgan fingerprint density at radius 3 is 1.53 bits per heavy atom. The number of carboxylic acids is 1. The van der Waals surface area contributed by atoms with Gasteiger partial charge in [0, 0.05) is 0 Å². The first kappa shape index (κ1) is 32.7. The molecular formula is C30H56O4. The van der Waals surface area contributed by atoms with E-state index in [0.29, 0.717) is 13.0 Å². The van der Waals surface area contributed by atoms with Crippen molar-refractivity contribution in [3.05, 3.63) is 12.2 Å². The number of carboxylic acid groups (broad SMARTS) is 1. The highest BCUT2D eigenvalue weighted by Crippen LogP contribution is 2.18. The summed E-state index contributed by atoms with van der Waals surface area (Å²) in [5, 5.41) is 9.02. The Bertz CT molecular complexity index is 486. The fourth-order valence-corrected chi connectivity index (χ4v) is 4.36. The van der Waals surface area contributed by atoms with Crippen LogP contribution in [0.15, 0.2) is 12.2 Å². The smallest absolute Gasteiger partial charge is 0.309 e. The maximum atomic E-state index is 12.0. The number of aliphatic carboxylic acids is 1. The van der Waals surface area contributed by atoms with Crippen molar-refractivity contribution in [2.45, 2.75) is 155 Å². The number of carbonyl (C=O) groups excluding carboxylic acids is 1. The Kier molecular flexibility index (Phi) is 25.3. The molecule has 0 rings (SSSR count). The van der Waals surface area contributed by atoms with Gasteiger partial charge >= 0.3 is 11.9 Å². The van der Waals surface area contributed by atoms with Crippen LogP contribution >= 0.6 is 0 Å². The van der Waals surface area contributed by atoms with Crippen molar-refractivity contribution < 1.29 is 19.4 Å². The highest BCUT2D eigenvalue weighted by molar-refractivity contribution is 5.79. The van der Waals surface area contributed by atoms with Gasteiger partial charge in [0.2, 0.25) is 0 Å². The minimum atomic E-state index is -0.918. The molecule has 0 bridgehead atoms. The lowest BCUT2D eigenvalue weighted by molar-refractivity contribution is -0.153. The summed E-state index contributed by atoms with van der Waals surface area (Å²) in [4.78, 5) is 23.0. The zero-order valence-corrected chi connectivity index (χ0v) is 22.7. The zero-order chi connectivity index (χ0) is 25.1. The van der Waals surface area contributed by atoms with E-state index in [1.807, 2.05) is 6.92 Å². The molecule has 0 aromatic carbocycles. The number of hydrogen-bond acceptors (Lipinski definition) is 3. The van der Waals surface area contributed by atoms with Crippen LogP contribution in [-0.4, -0.2) is 23.7 Å². The molecule has 0 spiro atoms. The summed E-state index contributed by atoms with van der Waals surface area (Å²) in [6.07, 6.45) is 30.7. The first-order valence-electron chi connectivity index (χ1n) is 14.6. The molecule has 0 aliphatic rings. The fourth-order valence-electron chi connectivity index (χ4n) is 4.36. The van der Waals surface area contributed by atoms with Gasteiger partial charge in [0.1, 0.15) is 0 Å². The van der Waals surface area contributed by atoms with E-state index in [0.717, 1.165) is 19.3 Å². The summed E-state index contributed by atoms with van der Waals surface area (Å²) in [7, 11) is 0. The molecule has 0 aromatic heterocycles. The first-order chi connectivity index (χ1) is 16.6. The number of hydrogen-bond donors (Lipinski definition) is 1. The SMILES string of the molecule is CCCCCCC/C=C/CCCCCCCCCCCCCCC(CC(=O)O)C(=O)OCCC. The Morgan fingerprint density at radius 2 is 1.09 bits per heavy atom. The summed E-state index contributed by atoms with van der Waals surface area (Å²) in [6.45, 7) is 4.59. The monoisotopic (exact) mass is 480 g/mol. The van der Waals surface area contributed by atoms with Gasteiger partial charge in [0.05, 0.1) is 18.9 Å². The van der Waals surface area contributed by atoms with Crippen LogP contribution in [0.25, 0.3) is 0 Å². The van der Waals surface area contributed by atoms with E-state index in [4.69, 9.17) is 9.84 Å². The van der Waals surface area contributed by atoms with Crippen molar-refractivity contribution in [2.24, 2.45) is 5.92 Å². The van der Waals surface area contributed by atoms with Gasteiger partial charge in [-0.05, 0) is 38.5 Å². The molecule has 34 heavy (non-hydrogen) atoms. The third kappa shape index (κ3) is 23.8. The van der Waals surface area contributed by atoms with E-state index < -0.39 is 11.9 Å². The van der Waals surface area contributed by atoms with Crippen molar-refractivity contribution in [1.82, 2.24) is 0 Å². The molecule has 0 amide bonds. The molecule has 0 heterocycles. The number of rotatable bonds is 26. The van der Waals surface area contributed by atoms with Crippen LogP contribution < -0.4 is 0 Å². The zero-order valence-electron chi connectivity index (χ0n) is 22.7. The molecule has 0 fully saturated rings. The lowest BCUT2D eigenvalue weighted by Crippen LogP contribution is -2.21. The fraction of sp³-hybridized carbons (Fsp3) is 0.867. The van der Waals surface area contributed by atoms with Crippen LogP contribution in [0.1, 0.15) is 155 Å². The first-order valence-corrected chi connectivity index (χ1v) is 14.6. The van der Waals surface area contributed by atoms with Crippen LogP contribution in [-0.2, 0) is 14.3 Å². The summed E-state index contributed by atoms with van der Waals surface area (Å²) in [6, 6.07) is 0. The summed E-state index contributed by atoms with van der Waals surface area (Å²) >= 11 is 0. The number of allylic oxidation sites excluding steroid dienone is 2. The standard InChI is InChI=1S/C30H56O4/c1-3-5-6-7-8-9-10-11-12-13-14-15-16-17-18-19-20-21-22-23-24-25-28(27-29(31)32)30(33)34-26-4-2/h10-11,28H,3-9,12-27H2,1-2H3,(H,31,32)/b11-10+. The minimum absolute atomic E-state index is 0.113. The lowest BCUT2D eigenvalue weighted by Gasteiger charge is -2.13. The average Bonchev–Trinajstić information content (AvgIpc) is 2.82. The second kappa shape index (κ2) is 26.3. The van der Waals surface area contributed by atoms with Gasteiger partial charge in [-0.1, -0.05) is 122 Å². The van der Waals surface area contributed by atoms with E-state index >= 15 is 0 Å². The topological polar surface area (TPSA) is 63.6 Å². The third-order valence-corrected chi connectivity index (χ3v) is 6.52. The van der Waals surface area contributed by atoms with Crippen molar-refractivity contribution in [1.29, 1.82) is 0 Å². The second-order valence-electron chi connectivity index (χ2n) is 9.96. The normalized spacial score (nSPS) is 12.3. The molecule has 0 radical (unpaired) electrons. The van der Waals surface area contributed by atoms with Gasteiger partial charge in [0.15, 0.2) is 0 Å². The quantitative estimate of drug-likeness (QED) is 0.0760. The van der Waals surface area contributed by atoms with Crippen LogP contribution in [0.3, 0.4) is 0 Å². The summed E-state index contributed by atoms with van der Waals surface area (Å²) in [5.41, 5.74) is 0. The Hall–Kier alpha value is -1.32. The molecule has 200 valence electrons. The molecule has 1 N–H and O–H groups in total. The van der Waals surface area contributed by atoms with E-state index in [9.17, 15) is 9.59 Å². The van der Waals surface area contributed by atoms with Gasteiger partial charge in [-0.2, -0.15) is 0 Å². The molecular weight excluding hydrogens is 424 g/mol. The molecule has 0 aliphatic carbocycles. The van der Waals surface area contributed by atoms with Crippen molar-refractivity contribution in [3.63, 3.8) is 0 Å². The van der Waals surface area contributed by atoms with Crippen molar-refractivity contribution >= 4 is 11.9 Å². The third-order valence-electron chi connectivity index (χ3n) is 6.52. The van der Waals surface area contributed by atoms with E-state index in [1.165, 1.54) is 109 Å². The van der Waals surface area contributed by atoms with Gasteiger partial charge in [-0.3, -0.25) is 9.59 Å². The number of unbranched alkanes of at least 4 members (excludes halogenated alkanes) is 17. The maximum absolute atomic E-state index is 12.0. The molecule has 0 aliphatic heterocycles. The average molecular weight is 481 g/mol. The molecule has 0 saturated heterocycles. The summed E-state index contributed by atoms with van der Waals surface area (Å²) in [5.74, 6) is -1.74. The largest absolute Gasteiger partial charge is 0.481 e. The summed E-state index contributed by atoms with van der Waals surface area (Å²) < 4.78 is 5.15. The van der Waals surface area contributed by atoms with Crippen LogP contribution in [0.2, 0.25) is 0 Å². The minimum Gasteiger partial charge on any atom is -0.481 e. The molecule has 1 atom stereocenters.